The van der Waals surface area contributed by atoms with Crippen LogP contribution in [-0.2, 0) is 6.61 Å². The van der Waals surface area contributed by atoms with Crippen LogP contribution in [0.2, 0.25) is 10.0 Å². The quantitative estimate of drug-likeness (QED) is 0.344. The Labute approximate surface area is 207 Å². The second kappa shape index (κ2) is 9.87. The van der Waals surface area contributed by atoms with Crippen LogP contribution in [0.3, 0.4) is 0 Å². The van der Waals surface area contributed by atoms with Crippen molar-refractivity contribution in [2.75, 3.05) is 21.3 Å². The van der Waals surface area contributed by atoms with Gasteiger partial charge in [0.1, 0.15) is 23.9 Å². The molecule has 176 valence electrons. The summed E-state index contributed by atoms with van der Waals surface area (Å²) in [7, 11) is 4.62. The van der Waals surface area contributed by atoms with E-state index in [2.05, 4.69) is 0 Å². The van der Waals surface area contributed by atoms with E-state index in [0.717, 1.165) is 5.56 Å². The molecule has 0 bridgehead atoms. The summed E-state index contributed by atoms with van der Waals surface area (Å²) >= 11 is 12.1. The third-order valence-corrected chi connectivity index (χ3v) is 6.18. The van der Waals surface area contributed by atoms with E-state index in [4.69, 9.17) is 46.9 Å². The number of carbonyl (C=O) groups excluding carboxylic acids is 1. The Balaban J connectivity index is 1.61. The molecule has 0 atom stereocenters. The molecule has 0 spiro atoms. The molecule has 8 heteroatoms. The van der Waals surface area contributed by atoms with Crippen LogP contribution in [0.15, 0.2) is 48.2 Å². The van der Waals surface area contributed by atoms with Crippen molar-refractivity contribution < 1.29 is 28.5 Å². The van der Waals surface area contributed by atoms with Crippen LogP contribution < -0.4 is 23.7 Å². The number of halogens is 2. The number of ketones is 1. The molecule has 1 aliphatic heterocycles. The van der Waals surface area contributed by atoms with Crippen molar-refractivity contribution in [3.63, 3.8) is 0 Å². The highest BCUT2D eigenvalue weighted by atomic mass is 35.5. The lowest BCUT2D eigenvalue weighted by Gasteiger charge is -2.13. The molecule has 0 saturated heterocycles. The number of methoxy groups -OCH3 is 3. The highest BCUT2D eigenvalue weighted by molar-refractivity contribution is 6.42. The van der Waals surface area contributed by atoms with Gasteiger partial charge in [-0.2, -0.15) is 0 Å². The van der Waals surface area contributed by atoms with Crippen molar-refractivity contribution in [1.82, 2.24) is 0 Å². The number of carbonyl (C=O) groups is 1. The number of Topliss-reactive ketones (excluding diaryl/α,β-unsaturated/α-hetero) is 1. The first-order valence-corrected chi connectivity index (χ1v) is 11.1. The summed E-state index contributed by atoms with van der Waals surface area (Å²) in [5, 5.41) is 0.944. The molecule has 0 aromatic heterocycles. The second-order valence-corrected chi connectivity index (χ2v) is 8.31. The van der Waals surface area contributed by atoms with Crippen molar-refractivity contribution in [3.8, 4) is 28.7 Å². The van der Waals surface area contributed by atoms with Crippen molar-refractivity contribution in [1.29, 1.82) is 0 Å². The minimum absolute atomic E-state index is 0.172. The van der Waals surface area contributed by atoms with Gasteiger partial charge in [0.05, 0.1) is 36.9 Å². The van der Waals surface area contributed by atoms with Crippen molar-refractivity contribution in [2.45, 2.75) is 13.5 Å². The van der Waals surface area contributed by atoms with E-state index in [-0.39, 0.29) is 18.1 Å². The number of rotatable bonds is 7. The molecule has 34 heavy (non-hydrogen) atoms. The lowest BCUT2D eigenvalue weighted by atomic mass is 10.1. The zero-order chi connectivity index (χ0) is 24.4. The number of ether oxygens (including phenoxy) is 5. The summed E-state index contributed by atoms with van der Waals surface area (Å²) in [5.74, 6) is 2.54. The summed E-state index contributed by atoms with van der Waals surface area (Å²) in [5.41, 5.74) is 2.66. The normalized spacial score (nSPS) is 13.5. The number of allylic oxidation sites excluding steroid dienone is 1. The zero-order valence-corrected chi connectivity index (χ0v) is 20.5. The van der Waals surface area contributed by atoms with Gasteiger partial charge in [-0.25, -0.2) is 0 Å². The van der Waals surface area contributed by atoms with Gasteiger partial charge in [-0.15, -0.1) is 0 Å². The number of fused-ring (bicyclic) bond motifs is 1. The van der Waals surface area contributed by atoms with Gasteiger partial charge in [-0.1, -0.05) is 29.3 Å². The zero-order valence-electron chi connectivity index (χ0n) is 19.0. The van der Waals surface area contributed by atoms with Crippen LogP contribution in [0.1, 0.15) is 27.0 Å². The van der Waals surface area contributed by atoms with Gasteiger partial charge in [0.25, 0.3) is 0 Å². The minimum atomic E-state index is -0.231. The molecule has 6 nitrogen and oxygen atoms in total. The summed E-state index contributed by atoms with van der Waals surface area (Å²) in [6.07, 6.45) is 1.62. The molecule has 1 heterocycles. The Morgan fingerprint density at radius 2 is 1.56 bits per heavy atom. The predicted molar refractivity (Wildman–Crippen MR) is 131 cm³/mol. The van der Waals surface area contributed by atoms with Gasteiger partial charge < -0.3 is 23.7 Å². The number of hydrogen-bond acceptors (Lipinski definition) is 6. The predicted octanol–water partition coefficient (Wildman–Crippen LogP) is 6.52. The van der Waals surface area contributed by atoms with Crippen LogP contribution in [0.25, 0.3) is 6.08 Å². The van der Waals surface area contributed by atoms with Gasteiger partial charge in [0.15, 0.2) is 17.3 Å². The Morgan fingerprint density at radius 1 is 0.853 bits per heavy atom. The minimum Gasteiger partial charge on any atom is -0.496 e. The van der Waals surface area contributed by atoms with Crippen molar-refractivity contribution >= 4 is 35.1 Å². The van der Waals surface area contributed by atoms with E-state index in [9.17, 15) is 4.79 Å². The van der Waals surface area contributed by atoms with Crippen LogP contribution in [-0.4, -0.2) is 27.1 Å². The highest BCUT2D eigenvalue weighted by Gasteiger charge is 2.30. The molecule has 1 aliphatic rings. The molecule has 0 aliphatic carbocycles. The maximum absolute atomic E-state index is 13.0. The molecule has 0 unspecified atom stereocenters. The molecule has 3 aromatic carbocycles. The fourth-order valence-corrected chi connectivity index (χ4v) is 3.94. The molecule has 4 rings (SSSR count). The third kappa shape index (κ3) is 4.52. The van der Waals surface area contributed by atoms with E-state index in [0.29, 0.717) is 55.5 Å². The van der Waals surface area contributed by atoms with E-state index in [1.165, 1.54) is 14.2 Å². The van der Waals surface area contributed by atoms with Gasteiger partial charge in [-0.3, -0.25) is 4.79 Å². The summed E-state index contributed by atoms with van der Waals surface area (Å²) in [6, 6.07) is 12.2. The largest absolute Gasteiger partial charge is 0.496 e. The highest BCUT2D eigenvalue weighted by Crippen LogP contribution is 2.41. The first-order valence-electron chi connectivity index (χ1n) is 10.3. The van der Waals surface area contributed by atoms with Gasteiger partial charge in [0.2, 0.25) is 5.78 Å². The molecular weight excluding hydrogens is 479 g/mol. The fraction of sp³-hybridized carbons (Fsp3) is 0.192. The molecule has 0 fully saturated rings. The third-order valence-electron chi connectivity index (χ3n) is 5.44. The molecular formula is C26H22Cl2O6. The van der Waals surface area contributed by atoms with E-state index in [1.807, 2.05) is 13.0 Å². The average molecular weight is 501 g/mol. The lowest BCUT2D eigenvalue weighted by molar-refractivity contribution is 0.101. The van der Waals surface area contributed by atoms with E-state index >= 15 is 0 Å². The maximum Gasteiger partial charge on any atom is 0.231 e. The molecule has 0 radical (unpaired) electrons. The molecule has 0 saturated carbocycles. The standard InChI is InChI=1S/C26H22Cl2O6/c1-14-20(33-13-15-5-7-18(27)19(28)9-15)8-6-17-25(29)24(34-26(14)17)11-16-10-22(31-3)23(32-4)12-21(16)30-2/h5-12H,13H2,1-4H3/b24-11-. The van der Waals surface area contributed by atoms with Crippen LogP contribution in [0.4, 0.5) is 0 Å². The lowest BCUT2D eigenvalue weighted by Crippen LogP contribution is -2.00. The Kier molecular flexibility index (Phi) is 6.91. The monoisotopic (exact) mass is 500 g/mol. The Hall–Kier alpha value is -3.35. The molecule has 0 N–H and O–H groups in total. The first kappa shape index (κ1) is 23.8. The van der Waals surface area contributed by atoms with Crippen LogP contribution in [0, 0.1) is 6.92 Å². The first-order chi connectivity index (χ1) is 16.4. The van der Waals surface area contributed by atoms with Crippen LogP contribution in [0.5, 0.6) is 28.7 Å². The van der Waals surface area contributed by atoms with Gasteiger partial charge in [-0.05, 0) is 48.9 Å². The Bertz CT molecular complexity index is 1300. The Morgan fingerprint density at radius 3 is 2.24 bits per heavy atom. The number of benzene rings is 3. The van der Waals surface area contributed by atoms with E-state index in [1.54, 1.807) is 49.6 Å². The molecule has 3 aromatic rings. The summed E-state index contributed by atoms with van der Waals surface area (Å²) < 4.78 is 28.1. The second-order valence-electron chi connectivity index (χ2n) is 7.49. The molecule has 0 amide bonds. The van der Waals surface area contributed by atoms with Crippen LogP contribution >= 0.6 is 23.2 Å². The van der Waals surface area contributed by atoms with E-state index < -0.39 is 0 Å². The van der Waals surface area contributed by atoms with Crippen molar-refractivity contribution in [3.05, 3.63) is 80.5 Å². The topological polar surface area (TPSA) is 63.2 Å². The van der Waals surface area contributed by atoms with Gasteiger partial charge in [0, 0.05) is 17.2 Å². The van der Waals surface area contributed by atoms with Crippen molar-refractivity contribution in [2.24, 2.45) is 0 Å². The van der Waals surface area contributed by atoms with Gasteiger partial charge >= 0.3 is 0 Å². The smallest absolute Gasteiger partial charge is 0.231 e. The summed E-state index contributed by atoms with van der Waals surface area (Å²) in [6.45, 7) is 2.13. The average Bonchev–Trinajstić information content (AvgIpc) is 3.16. The fourth-order valence-electron chi connectivity index (χ4n) is 3.62. The maximum atomic E-state index is 13.0. The number of hydrogen-bond donors (Lipinski definition) is 0. The SMILES string of the molecule is COc1cc(OC)c(OC)cc1/C=C1\Oc2c(ccc(OCc3ccc(Cl)c(Cl)c3)c2C)C1=O. The summed E-state index contributed by atoms with van der Waals surface area (Å²) in [4.78, 5) is 13.0.